The van der Waals surface area contributed by atoms with E-state index in [0.717, 1.165) is 51.7 Å². The molecular formula is C15H26N2O2. The van der Waals surface area contributed by atoms with Gasteiger partial charge >= 0.3 is 0 Å². The van der Waals surface area contributed by atoms with Crippen molar-refractivity contribution in [2.75, 3.05) is 33.3 Å². The molecule has 0 bridgehead atoms. The Labute approximate surface area is 116 Å². The van der Waals surface area contributed by atoms with Crippen molar-refractivity contribution in [2.24, 2.45) is 5.92 Å². The molecule has 0 aromatic heterocycles. The van der Waals surface area contributed by atoms with Gasteiger partial charge in [0.2, 0.25) is 5.91 Å². The molecule has 1 heterocycles. The molecule has 0 aromatic carbocycles. The van der Waals surface area contributed by atoms with Crippen molar-refractivity contribution < 1.29 is 9.90 Å². The highest BCUT2D eigenvalue weighted by molar-refractivity contribution is 5.79. The summed E-state index contributed by atoms with van der Waals surface area (Å²) in [6.45, 7) is 2.99. The predicted molar refractivity (Wildman–Crippen MR) is 75.8 cm³/mol. The third-order valence-electron chi connectivity index (χ3n) is 4.43. The van der Waals surface area contributed by atoms with Crippen LogP contribution in [0.2, 0.25) is 0 Å². The molecule has 2 rings (SSSR count). The molecule has 4 nitrogen and oxygen atoms in total. The number of amides is 1. The van der Waals surface area contributed by atoms with Gasteiger partial charge in [-0.1, -0.05) is 12.2 Å². The summed E-state index contributed by atoms with van der Waals surface area (Å²) in [5, 5.41) is 8.86. The van der Waals surface area contributed by atoms with Crippen LogP contribution in [0.3, 0.4) is 0 Å². The number of hydrogen-bond donors (Lipinski definition) is 1. The monoisotopic (exact) mass is 266 g/mol. The molecule has 1 aliphatic heterocycles. The molecule has 0 radical (unpaired) electrons. The molecule has 1 aliphatic carbocycles. The second-order valence-electron chi connectivity index (χ2n) is 5.75. The zero-order chi connectivity index (χ0) is 13.7. The molecule has 0 saturated carbocycles. The van der Waals surface area contributed by atoms with Crippen LogP contribution in [0, 0.1) is 5.92 Å². The lowest BCUT2D eigenvalue weighted by Crippen LogP contribution is -2.47. The number of rotatable bonds is 5. The van der Waals surface area contributed by atoms with Crippen LogP contribution in [0.5, 0.6) is 0 Å². The standard InChI is InChI=1S/C15H26N2O2/c1-16(9-4-12-18)14-7-10-17(11-8-14)15(19)13-5-2-3-6-13/h2-3,13-14,18H,4-12H2,1H3. The van der Waals surface area contributed by atoms with Crippen LogP contribution in [0.1, 0.15) is 32.1 Å². The van der Waals surface area contributed by atoms with Gasteiger partial charge in [0.25, 0.3) is 0 Å². The molecule has 19 heavy (non-hydrogen) atoms. The van der Waals surface area contributed by atoms with Crippen molar-refractivity contribution in [1.82, 2.24) is 9.80 Å². The molecule has 2 aliphatic rings. The van der Waals surface area contributed by atoms with Crippen molar-refractivity contribution in [3.05, 3.63) is 12.2 Å². The Morgan fingerprint density at radius 1 is 1.32 bits per heavy atom. The van der Waals surface area contributed by atoms with E-state index in [1.54, 1.807) is 0 Å². The SMILES string of the molecule is CN(CCCO)C1CCN(C(=O)C2CC=CC2)CC1. The van der Waals surface area contributed by atoms with E-state index in [0.29, 0.717) is 11.9 Å². The van der Waals surface area contributed by atoms with Gasteiger partial charge in [0.05, 0.1) is 0 Å². The zero-order valence-corrected chi connectivity index (χ0v) is 11.9. The molecule has 0 unspecified atom stereocenters. The minimum Gasteiger partial charge on any atom is -0.396 e. The highest BCUT2D eigenvalue weighted by Crippen LogP contribution is 2.23. The number of aliphatic hydroxyl groups is 1. The van der Waals surface area contributed by atoms with Gasteiger partial charge in [-0.05, 0) is 39.2 Å². The maximum absolute atomic E-state index is 12.3. The van der Waals surface area contributed by atoms with E-state index < -0.39 is 0 Å². The Morgan fingerprint density at radius 3 is 2.53 bits per heavy atom. The summed E-state index contributed by atoms with van der Waals surface area (Å²) in [5.74, 6) is 0.560. The Balaban J connectivity index is 1.74. The average Bonchev–Trinajstić information content (AvgIpc) is 2.98. The highest BCUT2D eigenvalue weighted by atomic mass is 16.3. The van der Waals surface area contributed by atoms with E-state index in [1.165, 1.54) is 0 Å². The van der Waals surface area contributed by atoms with Gasteiger partial charge in [-0.2, -0.15) is 0 Å². The number of carbonyl (C=O) groups is 1. The third kappa shape index (κ3) is 3.80. The molecule has 1 N–H and O–H groups in total. The molecule has 108 valence electrons. The lowest BCUT2D eigenvalue weighted by atomic mass is 10.00. The topological polar surface area (TPSA) is 43.8 Å². The van der Waals surface area contributed by atoms with Crippen molar-refractivity contribution in [3.63, 3.8) is 0 Å². The number of likely N-dealkylation sites (tertiary alicyclic amines) is 1. The number of carbonyl (C=O) groups excluding carboxylic acids is 1. The number of allylic oxidation sites excluding steroid dienone is 2. The first-order chi connectivity index (χ1) is 9.22. The molecule has 1 amide bonds. The zero-order valence-electron chi connectivity index (χ0n) is 11.9. The van der Waals surface area contributed by atoms with Crippen molar-refractivity contribution in [1.29, 1.82) is 0 Å². The minimum absolute atomic E-state index is 0.212. The van der Waals surface area contributed by atoms with Gasteiger partial charge in [0.1, 0.15) is 0 Å². The molecule has 0 aromatic rings. The fourth-order valence-electron chi connectivity index (χ4n) is 3.11. The summed E-state index contributed by atoms with van der Waals surface area (Å²) in [6, 6.07) is 0.567. The Kier molecular flexibility index (Phi) is 5.40. The summed E-state index contributed by atoms with van der Waals surface area (Å²) in [7, 11) is 2.12. The van der Waals surface area contributed by atoms with E-state index in [9.17, 15) is 4.79 Å². The van der Waals surface area contributed by atoms with E-state index in [-0.39, 0.29) is 12.5 Å². The first-order valence-electron chi connectivity index (χ1n) is 7.47. The van der Waals surface area contributed by atoms with Crippen LogP contribution in [0.15, 0.2) is 12.2 Å². The fraction of sp³-hybridized carbons (Fsp3) is 0.800. The van der Waals surface area contributed by atoms with Crippen LogP contribution < -0.4 is 0 Å². The lowest BCUT2D eigenvalue weighted by Gasteiger charge is -2.37. The Bertz CT molecular complexity index is 314. The van der Waals surface area contributed by atoms with Gasteiger partial charge in [0.15, 0.2) is 0 Å². The van der Waals surface area contributed by atoms with Gasteiger partial charge in [-0.3, -0.25) is 4.79 Å². The highest BCUT2D eigenvalue weighted by Gasteiger charge is 2.29. The van der Waals surface area contributed by atoms with E-state index in [2.05, 4.69) is 24.1 Å². The quantitative estimate of drug-likeness (QED) is 0.762. The van der Waals surface area contributed by atoms with Crippen LogP contribution >= 0.6 is 0 Å². The maximum atomic E-state index is 12.3. The fourth-order valence-corrected chi connectivity index (χ4v) is 3.11. The first-order valence-corrected chi connectivity index (χ1v) is 7.47. The smallest absolute Gasteiger partial charge is 0.226 e. The molecule has 0 atom stereocenters. The normalized spacial score (nSPS) is 21.5. The van der Waals surface area contributed by atoms with E-state index in [4.69, 9.17) is 5.11 Å². The van der Waals surface area contributed by atoms with Crippen LogP contribution in [0.4, 0.5) is 0 Å². The van der Waals surface area contributed by atoms with E-state index >= 15 is 0 Å². The number of nitrogens with zero attached hydrogens (tertiary/aromatic N) is 2. The molecule has 4 heteroatoms. The Morgan fingerprint density at radius 2 is 1.95 bits per heavy atom. The second-order valence-corrected chi connectivity index (χ2v) is 5.75. The molecule has 1 fully saturated rings. The van der Waals surface area contributed by atoms with Gasteiger partial charge in [-0.15, -0.1) is 0 Å². The van der Waals surface area contributed by atoms with Crippen molar-refractivity contribution >= 4 is 5.91 Å². The largest absolute Gasteiger partial charge is 0.396 e. The first kappa shape index (κ1) is 14.5. The van der Waals surface area contributed by atoms with Gasteiger partial charge in [0, 0.05) is 38.2 Å². The van der Waals surface area contributed by atoms with Gasteiger partial charge < -0.3 is 14.9 Å². The van der Waals surface area contributed by atoms with Crippen LogP contribution in [0.25, 0.3) is 0 Å². The predicted octanol–water partition coefficient (Wildman–Crippen LogP) is 1.26. The van der Waals surface area contributed by atoms with Crippen LogP contribution in [-0.4, -0.2) is 60.1 Å². The number of aliphatic hydroxyl groups excluding tert-OH is 1. The van der Waals surface area contributed by atoms with Gasteiger partial charge in [-0.25, -0.2) is 0 Å². The second kappa shape index (κ2) is 7.06. The minimum atomic E-state index is 0.212. The lowest BCUT2D eigenvalue weighted by molar-refractivity contribution is -0.136. The summed E-state index contributed by atoms with van der Waals surface area (Å²) < 4.78 is 0. The summed E-state index contributed by atoms with van der Waals surface area (Å²) >= 11 is 0. The number of hydrogen-bond acceptors (Lipinski definition) is 3. The summed E-state index contributed by atoms with van der Waals surface area (Å²) in [5.41, 5.74) is 0. The summed E-state index contributed by atoms with van der Waals surface area (Å²) in [4.78, 5) is 16.7. The summed E-state index contributed by atoms with van der Waals surface area (Å²) in [6.07, 6.45) is 9.06. The Hall–Kier alpha value is -0.870. The molecule has 0 spiro atoms. The average molecular weight is 266 g/mol. The van der Waals surface area contributed by atoms with Crippen molar-refractivity contribution in [2.45, 2.75) is 38.1 Å². The van der Waals surface area contributed by atoms with Crippen molar-refractivity contribution in [3.8, 4) is 0 Å². The molecular weight excluding hydrogens is 240 g/mol. The van der Waals surface area contributed by atoms with E-state index in [1.807, 2.05) is 4.90 Å². The molecule has 1 saturated heterocycles. The number of piperidine rings is 1. The van der Waals surface area contributed by atoms with Crippen LogP contribution in [-0.2, 0) is 4.79 Å². The maximum Gasteiger partial charge on any atom is 0.226 e. The third-order valence-corrected chi connectivity index (χ3v) is 4.43.